The van der Waals surface area contributed by atoms with Gasteiger partial charge in [0.2, 0.25) is 0 Å². The van der Waals surface area contributed by atoms with Gasteiger partial charge in [0.05, 0.1) is 11.0 Å². The number of aromatic nitrogens is 2. The lowest BCUT2D eigenvalue weighted by Gasteiger charge is -2.18. The predicted octanol–water partition coefficient (Wildman–Crippen LogP) is 1.69. The summed E-state index contributed by atoms with van der Waals surface area (Å²) in [5, 5.41) is 0. The number of H-pyrrole nitrogens is 1. The fourth-order valence-electron chi connectivity index (χ4n) is 2.24. The number of nitrogens with two attached hydrogens (primary N) is 1. The second-order valence-electron chi connectivity index (χ2n) is 5.16. The molecular formula is C14H22N4. The Labute approximate surface area is 108 Å². The average molecular weight is 246 g/mol. The Kier molecular flexibility index (Phi) is 3.99. The van der Waals surface area contributed by atoms with E-state index in [4.69, 9.17) is 5.73 Å². The van der Waals surface area contributed by atoms with Crippen LogP contribution in [0.4, 0.5) is 0 Å². The van der Waals surface area contributed by atoms with Crippen molar-refractivity contribution in [1.29, 1.82) is 0 Å². The van der Waals surface area contributed by atoms with E-state index in [1.807, 2.05) is 13.8 Å². The molecule has 0 bridgehead atoms. The summed E-state index contributed by atoms with van der Waals surface area (Å²) in [6.45, 7) is 5.98. The van der Waals surface area contributed by atoms with Crippen LogP contribution in [0.25, 0.3) is 11.0 Å². The summed E-state index contributed by atoms with van der Waals surface area (Å²) in [5.41, 5.74) is 9.29. The molecule has 98 valence electrons. The van der Waals surface area contributed by atoms with Crippen LogP contribution in [0.1, 0.15) is 18.3 Å². The van der Waals surface area contributed by atoms with Crippen molar-refractivity contribution in [3.8, 4) is 0 Å². The van der Waals surface area contributed by atoms with Crippen LogP contribution in [-0.4, -0.2) is 41.0 Å². The standard InChI is InChI=1S/C14H22N4/c1-10(15)9-18(3)7-6-12-4-5-13-14(8-12)17-11(2)16-13/h4-5,8,10H,6-7,9,15H2,1-3H3,(H,16,17). The first kappa shape index (κ1) is 13.1. The summed E-state index contributed by atoms with van der Waals surface area (Å²) < 4.78 is 0. The Morgan fingerprint density at radius 3 is 2.94 bits per heavy atom. The summed E-state index contributed by atoms with van der Waals surface area (Å²) in [5.74, 6) is 0.969. The summed E-state index contributed by atoms with van der Waals surface area (Å²) in [4.78, 5) is 9.95. The molecule has 0 saturated heterocycles. The van der Waals surface area contributed by atoms with Gasteiger partial charge in [0.15, 0.2) is 0 Å². The van der Waals surface area contributed by atoms with Crippen LogP contribution in [0, 0.1) is 6.92 Å². The maximum absolute atomic E-state index is 5.78. The number of imidazole rings is 1. The van der Waals surface area contributed by atoms with E-state index >= 15 is 0 Å². The summed E-state index contributed by atoms with van der Waals surface area (Å²) >= 11 is 0. The predicted molar refractivity (Wildman–Crippen MR) is 75.7 cm³/mol. The molecule has 2 aromatic rings. The Morgan fingerprint density at radius 1 is 1.44 bits per heavy atom. The zero-order chi connectivity index (χ0) is 13.1. The molecule has 0 amide bonds. The highest BCUT2D eigenvalue weighted by Crippen LogP contribution is 2.14. The van der Waals surface area contributed by atoms with Crippen molar-refractivity contribution in [3.05, 3.63) is 29.6 Å². The third-order valence-corrected chi connectivity index (χ3v) is 3.05. The molecule has 1 atom stereocenters. The molecule has 0 aliphatic carbocycles. The van der Waals surface area contributed by atoms with Crippen molar-refractivity contribution in [2.45, 2.75) is 26.3 Å². The highest BCUT2D eigenvalue weighted by Gasteiger charge is 2.04. The number of aryl methyl sites for hydroxylation is 1. The van der Waals surface area contributed by atoms with Crippen molar-refractivity contribution in [1.82, 2.24) is 14.9 Å². The number of hydrogen-bond acceptors (Lipinski definition) is 3. The molecule has 4 nitrogen and oxygen atoms in total. The molecule has 0 fully saturated rings. The van der Waals surface area contributed by atoms with Gasteiger partial charge in [-0.1, -0.05) is 6.07 Å². The van der Waals surface area contributed by atoms with Crippen LogP contribution in [0.15, 0.2) is 18.2 Å². The monoisotopic (exact) mass is 246 g/mol. The van der Waals surface area contributed by atoms with Gasteiger partial charge in [0, 0.05) is 19.1 Å². The van der Waals surface area contributed by atoms with Crippen LogP contribution in [0.5, 0.6) is 0 Å². The lowest BCUT2D eigenvalue weighted by Crippen LogP contribution is -2.34. The molecule has 1 aromatic carbocycles. The number of aromatic amines is 1. The Morgan fingerprint density at radius 2 is 2.22 bits per heavy atom. The van der Waals surface area contributed by atoms with Crippen LogP contribution < -0.4 is 5.73 Å². The molecule has 0 spiro atoms. The van der Waals surface area contributed by atoms with Gasteiger partial charge in [-0.15, -0.1) is 0 Å². The number of rotatable bonds is 5. The lowest BCUT2D eigenvalue weighted by molar-refractivity contribution is 0.321. The minimum absolute atomic E-state index is 0.229. The Bertz CT molecular complexity index is 515. The second-order valence-corrected chi connectivity index (χ2v) is 5.16. The smallest absolute Gasteiger partial charge is 0.104 e. The van der Waals surface area contributed by atoms with Crippen LogP contribution in [0.3, 0.4) is 0 Å². The summed E-state index contributed by atoms with van der Waals surface area (Å²) in [7, 11) is 2.11. The lowest BCUT2D eigenvalue weighted by atomic mass is 10.1. The van der Waals surface area contributed by atoms with Crippen LogP contribution in [0.2, 0.25) is 0 Å². The molecule has 4 heteroatoms. The van der Waals surface area contributed by atoms with Gasteiger partial charge in [0.25, 0.3) is 0 Å². The van der Waals surface area contributed by atoms with Crippen LogP contribution >= 0.6 is 0 Å². The Balaban J connectivity index is 1.99. The molecular weight excluding hydrogens is 224 g/mol. The van der Waals surface area contributed by atoms with Gasteiger partial charge >= 0.3 is 0 Å². The zero-order valence-electron chi connectivity index (χ0n) is 11.4. The highest BCUT2D eigenvalue weighted by atomic mass is 15.1. The molecule has 2 rings (SSSR count). The minimum atomic E-state index is 0.229. The molecule has 0 aliphatic rings. The first-order valence-corrected chi connectivity index (χ1v) is 6.44. The molecule has 1 aromatic heterocycles. The maximum atomic E-state index is 5.78. The summed E-state index contributed by atoms with van der Waals surface area (Å²) in [6.07, 6.45) is 1.04. The minimum Gasteiger partial charge on any atom is -0.342 e. The van der Waals surface area contributed by atoms with E-state index in [-0.39, 0.29) is 6.04 Å². The van der Waals surface area contributed by atoms with Crippen molar-refractivity contribution in [2.75, 3.05) is 20.1 Å². The van der Waals surface area contributed by atoms with Crippen molar-refractivity contribution in [3.63, 3.8) is 0 Å². The SMILES string of the molecule is Cc1nc2ccc(CCN(C)CC(C)N)cc2[nH]1. The van der Waals surface area contributed by atoms with Gasteiger partial charge in [0.1, 0.15) is 5.82 Å². The van der Waals surface area contributed by atoms with Gasteiger partial charge < -0.3 is 15.6 Å². The molecule has 0 radical (unpaired) electrons. The van der Waals surface area contributed by atoms with E-state index in [2.05, 4.69) is 40.1 Å². The van der Waals surface area contributed by atoms with Crippen molar-refractivity contribution >= 4 is 11.0 Å². The number of nitrogens with zero attached hydrogens (tertiary/aromatic N) is 2. The molecule has 3 N–H and O–H groups in total. The first-order chi connectivity index (χ1) is 8.54. The second kappa shape index (κ2) is 5.50. The van der Waals surface area contributed by atoms with E-state index in [0.29, 0.717) is 0 Å². The zero-order valence-corrected chi connectivity index (χ0v) is 11.4. The first-order valence-electron chi connectivity index (χ1n) is 6.44. The number of benzene rings is 1. The number of fused-ring (bicyclic) bond motifs is 1. The van der Waals surface area contributed by atoms with E-state index in [9.17, 15) is 0 Å². The number of likely N-dealkylation sites (N-methyl/N-ethyl adjacent to an activating group) is 1. The molecule has 0 saturated carbocycles. The van der Waals surface area contributed by atoms with Gasteiger partial charge in [-0.25, -0.2) is 4.98 Å². The molecule has 1 heterocycles. The van der Waals surface area contributed by atoms with E-state index in [1.54, 1.807) is 0 Å². The quantitative estimate of drug-likeness (QED) is 0.844. The fourth-order valence-corrected chi connectivity index (χ4v) is 2.24. The Hall–Kier alpha value is -1.39. The van der Waals surface area contributed by atoms with Crippen molar-refractivity contribution < 1.29 is 0 Å². The highest BCUT2D eigenvalue weighted by molar-refractivity contribution is 5.75. The van der Waals surface area contributed by atoms with Gasteiger partial charge in [-0.05, 0) is 45.0 Å². The number of hydrogen-bond donors (Lipinski definition) is 2. The molecule has 1 unspecified atom stereocenters. The van der Waals surface area contributed by atoms with Crippen molar-refractivity contribution in [2.24, 2.45) is 5.73 Å². The van der Waals surface area contributed by atoms with Gasteiger partial charge in [-0.3, -0.25) is 0 Å². The van der Waals surface area contributed by atoms with E-state index in [0.717, 1.165) is 36.4 Å². The molecule has 0 aliphatic heterocycles. The maximum Gasteiger partial charge on any atom is 0.104 e. The largest absolute Gasteiger partial charge is 0.342 e. The topological polar surface area (TPSA) is 57.9 Å². The fraction of sp³-hybridized carbons (Fsp3) is 0.500. The molecule has 18 heavy (non-hydrogen) atoms. The van der Waals surface area contributed by atoms with Gasteiger partial charge in [-0.2, -0.15) is 0 Å². The normalized spacial score (nSPS) is 13.4. The van der Waals surface area contributed by atoms with Crippen LogP contribution in [-0.2, 0) is 6.42 Å². The van der Waals surface area contributed by atoms with E-state index in [1.165, 1.54) is 5.56 Å². The summed E-state index contributed by atoms with van der Waals surface area (Å²) in [6, 6.07) is 6.66. The third kappa shape index (κ3) is 3.31. The third-order valence-electron chi connectivity index (χ3n) is 3.05. The average Bonchev–Trinajstić information content (AvgIpc) is 2.64. The van der Waals surface area contributed by atoms with E-state index < -0.39 is 0 Å². The number of nitrogens with one attached hydrogen (secondary N) is 1.